The van der Waals surface area contributed by atoms with E-state index in [4.69, 9.17) is 4.74 Å². The summed E-state index contributed by atoms with van der Waals surface area (Å²) in [6, 6.07) is -0.540. The third kappa shape index (κ3) is 83.4. The van der Waals surface area contributed by atoms with Gasteiger partial charge < -0.3 is 20.3 Å². The summed E-state index contributed by atoms with van der Waals surface area (Å²) in [6.45, 7) is 5.03. The minimum absolute atomic E-state index is 0.0239. The predicted octanol–water partition coefficient (Wildman–Crippen LogP) is 30.6. The molecule has 2 atom stereocenters. The van der Waals surface area contributed by atoms with Crippen LogP contribution >= 0.6 is 0 Å². The Morgan fingerprint density at radius 2 is 0.485 bits per heavy atom. The van der Waals surface area contributed by atoms with E-state index in [1.54, 1.807) is 0 Å². The average molecular weight is 1370 g/mol. The molecule has 2 unspecified atom stereocenters. The molecule has 0 rings (SSSR count). The van der Waals surface area contributed by atoms with Crippen LogP contribution in [0, 0.1) is 0 Å². The zero-order valence-corrected chi connectivity index (χ0v) is 66.6. The number of allylic oxidation sites excluding steroid dienone is 2. The first-order chi connectivity index (χ1) is 48.0. The molecule has 6 heteroatoms. The Kier molecular flexibility index (Phi) is 85.7. The van der Waals surface area contributed by atoms with E-state index in [-0.39, 0.29) is 18.5 Å². The number of hydrogen-bond acceptors (Lipinski definition) is 5. The van der Waals surface area contributed by atoms with Crippen molar-refractivity contribution < 1.29 is 24.5 Å². The number of aliphatic hydroxyl groups excluding tert-OH is 2. The van der Waals surface area contributed by atoms with Crippen LogP contribution in [0.1, 0.15) is 534 Å². The van der Waals surface area contributed by atoms with Gasteiger partial charge >= 0.3 is 5.97 Å². The molecule has 0 bridgehead atoms. The highest BCUT2D eigenvalue weighted by molar-refractivity contribution is 5.76. The number of carbonyl (C=O) groups excluding carboxylic acids is 2. The van der Waals surface area contributed by atoms with E-state index in [1.807, 2.05) is 0 Å². The van der Waals surface area contributed by atoms with E-state index in [1.165, 1.54) is 462 Å². The summed E-state index contributed by atoms with van der Waals surface area (Å²) in [5, 5.41) is 23.5. The first kappa shape index (κ1) is 95.6. The smallest absolute Gasteiger partial charge is 0.305 e. The number of nitrogens with one attached hydrogen (secondary N) is 1. The molecule has 6 nitrogen and oxygen atoms in total. The van der Waals surface area contributed by atoms with Gasteiger partial charge in [0, 0.05) is 12.8 Å². The Balaban J connectivity index is 3.32. The minimum Gasteiger partial charge on any atom is -0.466 e. The lowest BCUT2D eigenvalue weighted by atomic mass is 10.0. The van der Waals surface area contributed by atoms with Gasteiger partial charge in [-0.05, 0) is 51.4 Å². The fraction of sp³-hybridized carbons (Fsp3) is 0.956. The monoisotopic (exact) mass is 1370 g/mol. The van der Waals surface area contributed by atoms with Crippen molar-refractivity contribution >= 4 is 11.9 Å². The fourth-order valence-electron chi connectivity index (χ4n) is 14.9. The lowest BCUT2D eigenvalue weighted by molar-refractivity contribution is -0.143. The van der Waals surface area contributed by atoms with Crippen molar-refractivity contribution in [2.24, 2.45) is 0 Å². The van der Waals surface area contributed by atoms with E-state index in [0.29, 0.717) is 25.9 Å². The number of rotatable bonds is 87. The molecule has 0 aromatic carbocycles. The highest BCUT2D eigenvalue weighted by atomic mass is 16.5. The summed E-state index contributed by atoms with van der Waals surface area (Å²) < 4.78 is 5.52. The quantitative estimate of drug-likeness (QED) is 0.0320. The van der Waals surface area contributed by atoms with Crippen LogP contribution in [0.15, 0.2) is 12.2 Å². The van der Waals surface area contributed by atoms with Gasteiger partial charge in [0.15, 0.2) is 0 Å². The van der Waals surface area contributed by atoms with Crippen molar-refractivity contribution in [2.45, 2.75) is 546 Å². The summed E-state index contributed by atoms with van der Waals surface area (Å²) in [5.74, 6) is 0.00355. The van der Waals surface area contributed by atoms with Gasteiger partial charge in [-0.2, -0.15) is 0 Å². The maximum Gasteiger partial charge on any atom is 0.305 e. The molecule has 0 spiro atoms. The van der Waals surface area contributed by atoms with Gasteiger partial charge in [0.05, 0.1) is 25.4 Å². The van der Waals surface area contributed by atoms with Crippen LogP contribution in [-0.2, 0) is 14.3 Å². The standard InChI is InChI=1S/C91H179NO5/c1-3-5-7-9-11-13-15-17-19-21-23-24-25-39-42-45-48-51-55-59-63-67-71-75-79-83-89(94)88(87-93)92-90(95)84-80-76-72-68-64-60-56-52-49-46-43-40-37-35-33-31-29-27-26-28-30-32-34-36-38-41-44-47-50-54-58-62-66-70-74-78-82-86-97-91(96)85-81-77-73-69-65-61-57-53-22-20-18-16-14-12-10-8-6-4-2/h26,28,88-89,93-94H,3-25,27,29-87H2,1-2H3,(H,92,95)/b28-26-. The summed E-state index contributed by atoms with van der Waals surface area (Å²) >= 11 is 0. The molecule has 578 valence electrons. The molecule has 0 radical (unpaired) electrons. The Hall–Kier alpha value is -1.40. The molecule has 1 amide bonds. The predicted molar refractivity (Wildman–Crippen MR) is 430 cm³/mol. The van der Waals surface area contributed by atoms with Crippen molar-refractivity contribution in [2.75, 3.05) is 13.2 Å². The Bertz CT molecular complexity index is 1480. The van der Waals surface area contributed by atoms with Crippen LogP contribution in [-0.4, -0.2) is 47.4 Å². The number of amides is 1. The maximum absolute atomic E-state index is 12.6. The molecule has 0 saturated heterocycles. The van der Waals surface area contributed by atoms with Crippen molar-refractivity contribution in [3.8, 4) is 0 Å². The SMILES string of the molecule is CCCCCCCCCCCCCCCCCCCCCCCCCCCC(O)C(CO)NC(=O)CCCCCCCCCCCCCCCCCCC/C=C\CCCCCCCCCCCCCCCCCCOC(=O)CCCCCCCCCCCCCCCCCCCC. The molecule has 0 aromatic rings. The normalized spacial score (nSPS) is 12.4. The number of carbonyl (C=O) groups is 2. The van der Waals surface area contributed by atoms with Gasteiger partial charge in [-0.3, -0.25) is 9.59 Å². The van der Waals surface area contributed by atoms with Gasteiger partial charge in [0.1, 0.15) is 0 Å². The summed E-state index contributed by atoms with van der Waals surface area (Å²) in [7, 11) is 0. The largest absolute Gasteiger partial charge is 0.466 e. The number of hydrogen-bond donors (Lipinski definition) is 3. The van der Waals surface area contributed by atoms with E-state index in [2.05, 4.69) is 31.3 Å². The van der Waals surface area contributed by atoms with Crippen LogP contribution in [0.25, 0.3) is 0 Å². The molecular formula is C91H179NO5. The van der Waals surface area contributed by atoms with Crippen molar-refractivity contribution in [3.63, 3.8) is 0 Å². The van der Waals surface area contributed by atoms with Crippen molar-refractivity contribution in [3.05, 3.63) is 12.2 Å². The third-order valence-electron chi connectivity index (χ3n) is 21.8. The highest BCUT2D eigenvalue weighted by Crippen LogP contribution is 2.22. The lowest BCUT2D eigenvalue weighted by Crippen LogP contribution is -2.45. The van der Waals surface area contributed by atoms with Gasteiger partial charge in [-0.1, -0.05) is 482 Å². The van der Waals surface area contributed by atoms with Crippen LogP contribution in [0.4, 0.5) is 0 Å². The molecular weight excluding hydrogens is 1190 g/mol. The Labute approximate surface area is 609 Å². The van der Waals surface area contributed by atoms with E-state index < -0.39 is 12.1 Å². The molecule has 3 N–H and O–H groups in total. The van der Waals surface area contributed by atoms with Crippen LogP contribution in [0.2, 0.25) is 0 Å². The first-order valence-electron chi connectivity index (χ1n) is 45.4. The minimum atomic E-state index is -0.663. The molecule has 0 aliphatic heterocycles. The summed E-state index contributed by atoms with van der Waals surface area (Å²) in [5.41, 5.74) is 0. The molecule has 0 heterocycles. The van der Waals surface area contributed by atoms with Crippen molar-refractivity contribution in [1.29, 1.82) is 0 Å². The van der Waals surface area contributed by atoms with Crippen LogP contribution < -0.4 is 5.32 Å². The van der Waals surface area contributed by atoms with Gasteiger partial charge in [-0.15, -0.1) is 0 Å². The number of unbranched alkanes of at least 4 members (excludes halogenated alkanes) is 74. The molecule has 0 aromatic heterocycles. The van der Waals surface area contributed by atoms with Crippen molar-refractivity contribution in [1.82, 2.24) is 5.32 Å². The summed E-state index contributed by atoms with van der Waals surface area (Å²) in [6.07, 6.45) is 112. The van der Waals surface area contributed by atoms with E-state index in [0.717, 1.165) is 38.5 Å². The molecule has 0 fully saturated rings. The summed E-state index contributed by atoms with van der Waals surface area (Å²) in [4.78, 5) is 24.7. The second kappa shape index (κ2) is 87.0. The third-order valence-corrected chi connectivity index (χ3v) is 21.8. The van der Waals surface area contributed by atoms with E-state index in [9.17, 15) is 19.8 Å². The molecule has 0 aliphatic rings. The Morgan fingerprint density at radius 3 is 0.732 bits per heavy atom. The second-order valence-electron chi connectivity index (χ2n) is 31.6. The number of ether oxygens (including phenoxy) is 1. The first-order valence-corrected chi connectivity index (χ1v) is 45.4. The van der Waals surface area contributed by atoms with Gasteiger partial charge in [0.25, 0.3) is 0 Å². The maximum atomic E-state index is 12.6. The van der Waals surface area contributed by atoms with Gasteiger partial charge in [0.2, 0.25) is 5.91 Å². The Morgan fingerprint density at radius 1 is 0.278 bits per heavy atom. The fourth-order valence-corrected chi connectivity index (χ4v) is 14.9. The zero-order chi connectivity index (χ0) is 69.8. The topological polar surface area (TPSA) is 95.9 Å². The highest BCUT2D eigenvalue weighted by Gasteiger charge is 2.20. The van der Waals surface area contributed by atoms with Crippen LogP contribution in [0.5, 0.6) is 0 Å². The molecule has 0 saturated carbocycles. The van der Waals surface area contributed by atoms with Gasteiger partial charge in [-0.25, -0.2) is 0 Å². The number of aliphatic hydroxyl groups is 2. The number of esters is 1. The molecule has 97 heavy (non-hydrogen) atoms. The average Bonchev–Trinajstić information content (AvgIpc) is 2.45. The lowest BCUT2D eigenvalue weighted by Gasteiger charge is -2.22. The second-order valence-corrected chi connectivity index (χ2v) is 31.6. The van der Waals surface area contributed by atoms with E-state index >= 15 is 0 Å². The molecule has 0 aliphatic carbocycles. The zero-order valence-electron chi connectivity index (χ0n) is 66.6. The van der Waals surface area contributed by atoms with Crippen LogP contribution in [0.3, 0.4) is 0 Å².